The zero-order valence-corrected chi connectivity index (χ0v) is 23.0. The van der Waals surface area contributed by atoms with Crippen LogP contribution in [0.3, 0.4) is 0 Å². The lowest BCUT2D eigenvalue weighted by molar-refractivity contribution is -0.128. The number of nitrogens with zero attached hydrogens (tertiary/aromatic N) is 2. The lowest BCUT2D eigenvalue weighted by atomic mass is 10.1. The average Bonchev–Trinajstić information content (AvgIpc) is 3.50. The number of thioether (sulfide) groups is 1. The van der Waals surface area contributed by atoms with Crippen LogP contribution in [0.25, 0.3) is 0 Å². The maximum absolute atomic E-state index is 13.7. The zero-order chi connectivity index (χ0) is 27.5. The van der Waals surface area contributed by atoms with Gasteiger partial charge in [0.1, 0.15) is 16.7 Å². The Bertz CT molecular complexity index is 1460. The molecular weight excluding hydrogens is 518 g/mol. The number of ether oxygens (including phenoxy) is 4. The van der Waals surface area contributed by atoms with E-state index < -0.39 is 5.25 Å². The van der Waals surface area contributed by atoms with Crippen molar-refractivity contribution in [3.63, 3.8) is 0 Å². The molecule has 0 bridgehead atoms. The van der Waals surface area contributed by atoms with E-state index in [-0.39, 0.29) is 31.6 Å². The first-order valence-corrected chi connectivity index (χ1v) is 13.3. The number of nitrogens with one attached hydrogen (secondary N) is 1. The van der Waals surface area contributed by atoms with Crippen molar-refractivity contribution >= 4 is 40.1 Å². The molecule has 0 saturated carbocycles. The van der Waals surface area contributed by atoms with E-state index >= 15 is 0 Å². The first-order chi connectivity index (χ1) is 18.8. The Hall–Kier alpha value is -4.18. The summed E-state index contributed by atoms with van der Waals surface area (Å²) < 4.78 is 21.6. The number of methoxy groups -OCH3 is 2. The molecule has 2 aliphatic rings. The third kappa shape index (κ3) is 5.80. The summed E-state index contributed by atoms with van der Waals surface area (Å²) >= 11 is 1.29. The monoisotopic (exact) mass is 547 g/mol. The van der Waals surface area contributed by atoms with Crippen LogP contribution >= 0.6 is 11.8 Å². The molecule has 1 fully saturated rings. The highest BCUT2D eigenvalue weighted by Gasteiger charge is 2.39. The Balaban J connectivity index is 1.40. The number of carbonyl (C=O) groups excluding carboxylic acids is 2. The highest BCUT2D eigenvalue weighted by Crippen LogP contribution is 2.37. The summed E-state index contributed by atoms with van der Waals surface area (Å²) in [5.41, 5.74) is 4.19. The van der Waals surface area contributed by atoms with E-state index in [1.165, 1.54) is 18.9 Å². The van der Waals surface area contributed by atoms with Crippen LogP contribution in [0.4, 0.5) is 11.4 Å². The fraction of sp³-hybridized carbons (Fsp3) is 0.276. The Morgan fingerprint density at radius 3 is 2.67 bits per heavy atom. The summed E-state index contributed by atoms with van der Waals surface area (Å²) in [7, 11) is 3.07. The van der Waals surface area contributed by atoms with E-state index in [0.717, 1.165) is 22.4 Å². The zero-order valence-electron chi connectivity index (χ0n) is 22.1. The minimum absolute atomic E-state index is 0.0344. The van der Waals surface area contributed by atoms with Crippen molar-refractivity contribution in [2.75, 3.05) is 26.3 Å². The normalized spacial score (nSPS) is 17.0. The molecule has 3 aromatic carbocycles. The second-order valence-electron chi connectivity index (χ2n) is 9.22. The summed E-state index contributed by atoms with van der Waals surface area (Å²) in [5.74, 6) is 1.89. The lowest BCUT2D eigenvalue weighted by Crippen LogP contribution is -2.33. The fourth-order valence-electron chi connectivity index (χ4n) is 4.32. The van der Waals surface area contributed by atoms with Gasteiger partial charge in [0, 0.05) is 12.5 Å². The van der Waals surface area contributed by atoms with Gasteiger partial charge in [0.2, 0.25) is 18.6 Å². The second kappa shape index (κ2) is 11.3. The number of carbonyl (C=O) groups is 2. The van der Waals surface area contributed by atoms with Gasteiger partial charge < -0.3 is 24.3 Å². The number of amides is 2. The summed E-state index contributed by atoms with van der Waals surface area (Å²) in [6.45, 7) is 4.44. The minimum Gasteiger partial charge on any atom is -0.497 e. The smallest absolute Gasteiger partial charge is 0.242 e. The lowest BCUT2D eigenvalue weighted by Gasteiger charge is -2.17. The SMILES string of the molecule is COc1ccc(OC)c(NC(=O)C[C@@H]2SC(=Nc3cc(C)ccc3C)N(Cc3ccc4c(c3)OCO4)C2=O)c1. The number of fused-ring (bicyclic) bond motifs is 1. The number of rotatable bonds is 8. The number of aryl methyl sites for hydroxylation is 2. The molecule has 2 heterocycles. The summed E-state index contributed by atoms with van der Waals surface area (Å²) in [5, 5.41) is 2.76. The van der Waals surface area contributed by atoms with E-state index in [1.807, 2.05) is 50.2 Å². The van der Waals surface area contributed by atoms with Gasteiger partial charge in [-0.15, -0.1) is 0 Å². The van der Waals surface area contributed by atoms with Crippen LogP contribution in [0.2, 0.25) is 0 Å². The molecule has 5 rings (SSSR count). The quantitative estimate of drug-likeness (QED) is 0.413. The molecule has 9 nitrogen and oxygen atoms in total. The third-order valence-electron chi connectivity index (χ3n) is 6.43. The fourth-order valence-corrected chi connectivity index (χ4v) is 5.47. The molecular formula is C29H29N3O6S. The molecule has 3 aromatic rings. The molecule has 0 radical (unpaired) electrons. The molecule has 1 atom stereocenters. The number of benzene rings is 3. The van der Waals surface area contributed by atoms with Crippen LogP contribution in [-0.4, -0.2) is 48.1 Å². The Labute approximate surface area is 231 Å². The molecule has 1 N–H and O–H groups in total. The number of aliphatic imine (C=N–C) groups is 1. The van der Waals surface area contributed by atoms with Crippen LogP contribution in [0, 0.1) is 13.8 Å². The van der Waals surface area contributed by atoms with Gasteiger partial charge in [0.25, 0.3) is 0 Å². The Kier molecular flexibility index (Phi) is 7.65. The predicted molar refractivity (Wildman–Crippen MR) is 150 cm³/mol. The van der Waals surface area contributed by atoms with Crippen LogP contribution in [-0.2, 0) is 16.1 Å². The van der Waals surface area contributed by atoms with Crippen molar-refractivity contribution in [3.05, 3.63) is 71.3 Å². The third-order valence-corrected chi connectivity index (χ3v) is 7.61. The highest BCUT2D eigenvalue weighted by molar-refractivity contribution is 8.15. The second-order valence-corrected chi connectivity index (χ2v) is 10.4. The first-order valence-electron chi connectivity index (χ1n) is 12.4. The van der Waals surface area contributed by atoms with Crippen LogP contribution in [0.1, 0.15) is 23.1 Å². The predicted octanol–water partition coefficient (Wildman–Crippen LogP) is 5.21. The number of anilines is 1. The van der Waals surface area contributed by atoms with Crippen LogP contribution in [0.15, 0.2) is 59.6 Å². The van der Waals surface area contributed by atoms with Crippen molar-refractivity contribution in [3.8, 4) is 23.0 Å². The first kappa shape index (κ1) is 26.4. The average molecular weight is 548 g/mol. The van der Waals surface area contributed by atoms with Gasteiger partial charge in [-0.05, 0) is 60.9 Å². The van der Waals surface area contributed by atoms with Crippen molar-refractivity contribution in [1.29, 1.82) is 0 Å². The molecule has 0 spiro atoms. The van der Waals surface area contributed by atoms with Gasteiger partial charge in [-0.3, -0.25) is 14.5 Å². The maximum atomic E-state index is 13.7. The summed E-state index contributed by atoms with van der Waals surface area (Å²) in [6.07, 6.45) is -0.0344. The molecule has 1 saturated heterocycles. The molecule has 202 valence electrons. The van der Waals surface area contributed by atoms with Crippen molar-refractivity contribution in [1.82, 2.24) is 4.90 Å². The van der Waals surface area contributed by atoms with Gasteiger partial charge in [0.15, 0.2) is 16.7 Å². The molecule has 0 aromatic heterocycles. The minimum atomic E-state index is -0.639. The largest absolute Gasteiger partial charge is 0.497 e. The van der Waals surface area contributed by atoms with Gasteiger partial charge in [0.05, 0.1) is 32.1 Å². The van der Waals surface area contributed by atoms with E-state index in [2.05, 4.69) is 5.32 Å². The van der Waals surface area contributed by atoms with Gasteiger partial charge >= 0.3 is 0 Å². The molecule has 10 heteroatoms. The molecule has 0 unspecified atom stereocenters. The molecule has 0 aliphatic carbocycles. The molecule has 2 aliphatic heterocycles. The van der Waals surface area contributed by atoms with Gasteiger partial charge in [-0.2, -0.15) is 0 Å². The van der Waals surface area contributed by atoms with Crippen LogP contribution < -0.4 is 24.3 Å². The van der Waals surface area contributed by atoms with Crippen molar-refractivity contribution in [2.24, 2.45) is 4.99 Å². The van der Waals surface area contributed by atoms with Gasteiger partial charge in [-0.1, -0.05) is 30.0 Å². The highest BCUT2D eigenvalue weighted by atomic mass is 32.2. The van der Waals surface area contributed by atoms with Crippen LogP contribution in [0.5, 0.6) is 23.0 Å². The Morgan fingerprint density at radius 2 is 1.87 bits per heavy atom. The van der Waals surface area contributed by atoms with E-state index in [0.29, 0.717) is 33.9 Å². The van der Waals surface area contributed by atoms with E-state index in [1.54, 1.807) is 30.2 Å². The number of amidine groups is 1. The summed E-state index contributed by atoms with van der Waals surface area (Å²) in [6, 6.07) is 16.8. The molecule has 2 amide bonds. The van der Waals surface area contributed by atoms with E-state index in [4.69, 9.17) is 23.9 Å². The number of hydrogen-bond acceptors (Lipinski definition) is 8. The maximum Gasteiger partial charge on any atom is 0.242 e. The standard InChI is InChI=1S/C29H29N3O6S/c1-17-5-6-18(2)21(11-17)31-29-32(15-19-7-9-24-25(12-19)38-16-37-24)28(34)26(39-29)14-27(33)30-22-13-20(35-3)8-10-23(22)36-4/h5-13,26H,14-16H2,1-4H3,(H,30,33)/t26-/m0/s1. The molecule has 39 heavy (non-hydrogen) atoms. The Morgan fingerprint density at radius 1 is 1.05 bits per heavy atom. The number of hydrogen-bond donors (Lipinski definition) is 1. The van der Waals surface area contributed by atoms with Crippen molar-refractivity contribution in [2.45, 2.75) is 32.1 Å². The topological polar surface area (TPSA) is 98.7 Å². The van der Waals surface area contributed by atoms with Crippen molar-refractivity contribution < 1.29 is 28.5 Å². The summed E-state index contributed by atoms with van der Waals surface area (Å²) in [4.78, 5) is 33.2. The van der Waals surface area contributed by atoms with Gasteiger partial charge in [-0.25, -0.2) is 4.99 Å². The van der Waals surface area contributed by atoms with E-state index in [9.17, 15) is 9.59 Å².